The van der Waals surface area contributed by atoms with Crippen molar-refractivity contribution in [2.75, 3.05) is 13.2 Å². The summed E-state index contributed by atoms with van der Waals surface area (Å²) in [6, 6.07) is -0.628. The molecule has 0 bridgehead atoms. The molecule has 0 radical (unpaired) electrons. The minimum atomic E-state index is -0.845. The zero-order chi connectivity index (χ0) is 57.8. The third-order valence-electron chi connectivity index (χ3n) is 16.9. The lowest BCUT2D eigenvalue weighted by molar-refractivity contribution is -0.143. The number of carbonyl (C=O) groups excluding carboxylic acids is 2. The molecule has 0 rings (SSSR count). The molecule has 80 heavy (non-hydrogen) atoms. The SMILES string of the molecule is CCCCCCCCC/C=C\CCCCCCCC(=O)OCCCCCCCCCCCCCC/C=C\CCCCCCCCCCCCCCCC(=O)NC(CO)C(O)/C=C/CCCCCCCCCCCCCCCCCC. The fraction of sp³-hybridized carbons (Fsp3) is 0.892. The molecule has 0 spiro atoms. The Kier molecular flexibility index (Phi) is 67.9. The number of amides is 1. The van der Waals surface area contributed by atoms with Gasteiger partial charge in [-0.15, -0.1) is 0 Å². The lowest BCUT2D eigenvalue weighted by Gasteiger charge is -2.20. The maximum Gasteiger partial charge on any atom is 0.305 e. The molecule has 0 aliphatic carbocycles. The fourth-order valence-electron chi connectivity index (χ4n) is 11.3. The molecule has 6 heteroatoms. The maximum absolute atomic E-state index is 12.5. The molecule has 472 valence electrons. The molecular formula is C74H141NO5. The van der Waals surface area contributed by atoms with E-state index in [0.29, 0.717) is 19.4 Å². The van der Waals surface area contributed by atoms with Crippen molar-refractivity contribution < 1.29 is 24.5 Å². The molecule has 3 N–H and O–H groups in total. The van der Waals surface area contributed by atoms with E-state index in [-0.39, 0.29) is 18.5 Å². The second kappa shape index (κ2) is 69.6. The molecule has 2 atom stereocenters. The number of hydrogen-bond acceptors (Lipinski definition) is 5. The van der Waals surface area contributed by atoms with Gasteiger partial charge in [0.1, 0.15) is 0 Å². The summed E-state index contributed by atoms with van der Waals surface area (Å²) in [5, 5.41) is 23.2. The number of esters is 1. The molecule has 0 aromatic carbocycles. The molecule has 0 fully saturated rings. The van der Waals surface area contributed by atoms with Crippen molar-refractivity contribution in [2.45, 2.75) is 411 Å². The normalized spacial score (nSPS) is 12.7. The van der Waals surface area contributed by atoms with Crippen LogP contribution in [0.15, 0.2) is 36.5 Å². The van der Waals surface area contributed by atoms with Gasteiger partial charge in [0, 0.05) is 12.8 Å². The predicted molar refractivity (Wildman–Crippen MR) is 352 cm³/mol. The van der Waals surface area contributed by atoms with E-state index in [0.717, 1.165) is 44.9 Å². The van der Waals surface area contributed by atoms with Gasteiger partial charge in [-0.3, -0.25) is 9.59 Å². The minimum Gasteiger partial charge on any atom is -0.466 e. The number of nitrogens with one attached hydrogen (secondary N) is 1. The van der Waals surface area contributed by atoms with Gasteiger partial charge >= 0.3 is 5.97 Å². The van der Waals surface area contributed by atoms with Gasteiger partial charge in [0.05, 0.1) is 25.4 Å². The van der Waals surface area contributed by atoms with Crippen LogP contribution < -0.4 is 5.32 Å². The lowest BCUT2D eigenvalue weighted by Crippen LogP contribution is -2.45. The molecule has 0 aromatic heterocycles. The number of ether oxygens (including phenoxy) is 1. The molecular weight excluding hydrogens is 983 g/mol. The van der Waals surface area contributed by atoms with E-state index in [1.54, 1.807) is 6.08 Å². The Bertz CT molecular complexity index is 1300. The van der Waals surface area contributed by atoms with Crippen molar-refractivity contribution in [1.29, 1.82) is 0 Å². The second-order valence-corrected chi connectivity index (χ2v) is 24.9. The number of aliphatic hydroxyl groups is 2. The highest BCUT2D eigenvalue weighted by molar-refractivity contribution is 5.76. The third kappa shape index (κ3) is 65.2. The van der Waals surface area contributed by atoms with Gasteiger partial charge in [0.15, 0.2) is 0 Å². The third-order valence-corrected chi connectivity index (χ3v) is 16.9. The zero-order valence-corrected chi connectivity index (χ0v) is 54.1. The number of unbranched alkanes of at least 4 members (excludes halogenated alkanes) is 53. The lowest BCUT2D eigenvalue weighted by atomic mass is 10.0. The van der Waals surface area contributed by atoms with Gasteiger partial charge in [-0.25, -0.2) is 0 Å². The molecule has 0 saturated heterocycles. The molecule has 2 unspecified atom stereocenters. The quantitative estimate of drug-likeness (QED) is 0.0320. The summed E-state index contributed by atoms with van der Waals surface area (Å²) in [6.07, 6.45) is 89.4. The number of aliphatic hydroxyl groups excluding tert-OH is 2. The first-order valence-electron chi connectivity index (χ1n) is 36.3. The van der Waals surface area contributed by atoms with Crippen molar-refractivity contribution >= 4 is 11.9 Å². The molecule has 0 aliphatic heterocycles. The van der Waals surface area contributed by atoms with Crippen molar-refractivity contribution in [3.63, 3.8) is 0 Å². The van der Waals surface area contributed by atoms with Crippen LogP contribution in [0.2, 0.25) is 0 Å². The highest BCUT2D eigenvalue weighted by Crippen LogP contribution is 2.18. The van der Waals surface area contributed by atoms with Crippen molar-refractivity contribution in [2.24, 2.45) is 0 Å². The van der Waals surface area contributed by atoms with E-state index in [4.69, 9.17) is 4.74 Å². The summed E-state index contributed by atoms with van der Waals surface area (Å²) < 4.78 is 5.50. The van der Waals surface area contributed by atoms with Gasteiger partial charge in [-0.05, 0) is 83.5 Å². The Hall–Kier alpha value is -1.92. The van der Waals surface area contributed by atoms with E-state index in [2.05, 4.69) is 43.5 Å². The van der Waals surface area contributed by atoms with Crippen LogP contribution in [-0.4, -0.2) is 47.4 Å². The average molecular weight is 1120 g/mol. The zero-order valence-electron chi connectivity index (χ0n) is 54.1. The monoisotopic (exact) mass is 1120 g/mol. The fourth-order valence-corrected chi connectivity index (χ4v) is 11.3. The summed E-state index contributed by atoms with van der Waals surface area (Å²) >= 11 is 0. The van der Waals surface area contributed by atoms with E-state index < -0.39 is 12.1 Å². The number of hydrogen-bond donors (Lipinski definition) is 3. The molecule has 0 aliphatic rings. The van der Waals surface area contributed by atoms with Gasteiger partial charge in [0.2, 0.25) is 5.91 Å². The largest absolute Gasteiger partial charge is 0.466 e. The summed E-state index contributed by atoms with van der Waals surface area (Å²) in [4.78, 5) is 24.6. The highest BCUT2D eigenvalue weighted by atomic mass is 16.5. The summed E-state index contributed by atoms with van der Waals surface area (Å²) in [5.74, 6) is -0.0548. The first-order valence-corrected chi connectivity index (χ1v) is 36.3. The van der Waals surface area contributed by atoms with Crippen LogP contribution in [0, 0.1) is 0 Å². The summed E-state index contributed by atoms with van der Waals surface area (Å²) in [5.41, 5.74) is 0. The van der Waals surface area contributed by atoms with E-state index in [1.165, 1.54) is 327 Å². The van der Waals surface area contributed by atoms with Crippen molar-refractivity contribution in [3.05, 3.63) is 36.5 Å². The van der Waals surface area contributed by atoms with Gasteiger partial charge < -0.3 is 20.3 Å². The Balaban J connectivity index is 3.39. The van der Waals surface area contributed by atoms with Crippen LogP contribution in [0.1, 0.15) is 399 Å². The Morgan fingerprint density at radius 1 is 0.338 bits per heavy atom. The van der Waals surface area contributed by atoms with E-state index in [1.807, 2.05) is 6.08 Å². The molecule has 0 heterocycles. The van der Waals surface area contributed by atoms with Crippen molar-refractivity contribution in [3.8, 4) is 0 Å². The topological polar surface area (TPSA) is 95.9 Å². The molecule has 0 aromatic rings. The predicted octanol–water partition coefficient (Wildman–Crippen LogP) is 23.5. The Morgan fingerprint density at radius 3 is 0.887 bits per heavy atom. The first kappa shape index (κ1) is 78.1. The number of carbonyl (C=O) groups is 2. The molecule has 6 nitrogen and oxygen atoms in total. The smallest absolute Gasteiger partial charge is 0.305 e. The number of rotatable bonds is 68. The van der Waals surface area contributed by atoms with Gasteiger partial charge in [0.25, 0.3) is 0 Å². The Labute approximate surface area is 500 Å². The van der Waals surface area contributed by atoms with Crippen LogP contribution in [0.25, 0.3) is 0 Å². The maximum atomic E-state index is 12.5. The average Bonchev–Trinajstić information content (AvgIpc) is 3.46. The van der Waals surface area contributed by atoms with Crippen LogP contribution in [0.3, 0.4) is 0 Å². The van der Waals surface area contributed by atoms with Crippen LogP contribution in [-0.2, 0) is 14.3 Å². The van der Waals surface area contributed by atoms with Gasteiger partial charge in [-0.1, -0.05) is 339 Å². The van der Waals surface area contributed by atoms with Crippen LogP contribution in [0.4, 0.5) is 0 Å². The minimum absolute atomic E-state index is 0.00926. The van der Waals surface area contributed by atoms with Crippen LogP contribution in [0.5, 0.6) is 0 Å². The molecule has 1 amide bonds. The number of allylic oxidation sites excluding steroid dienone is 5. The van der Waals surface area contributed by atoms with Crippen molar-refractivity contribution in [1.82, 2.24) is 5.32 Å². The highest BCUT2D eigenvalue weighted by Gasteiger charge is 2.18. The van der Waals surface area contributed by atoms with E-state index in [9.17, 15) is 19.8 Å². The Morgan fingerprint density at radius 2 is 0.588 bits per heavy atom. The standard InChI is InChI=1S/C74H141NO5/c1-3-5-7-9-11-13-15-17-19-21-35-38-42-46-50-54-58-62-66-72(77)71(70-76)75-73(78)67-63-59-55-51-47-43-39-36-33-31-29-27-25-23-22-24-26-28-30-32-34-37-41-45-49-53-57-61-65-69-80-74(79)68-64-60-56-52-48-44-40-20-18-16-14-12-10-8-6-4-2/h20,22,24,40,62,66,71-72,76-77H,3-19,21,23,25-39,41-61,63-65,67-70H2,1-2H3,(H,75,78)/b24-22-,40-20-,66-62+. The summed E-state index contributed by atoms with van der Waals surface area (Å²) in [6.45, 7) is 4.93. The van der Waals surface area contributed by atoms with Gasteiger partial charge in [-0.2, -0.15) is 0 Å². The summed E-state index contributed by atoms with van der Waals surface area (Å²) in [7, 11) is 0. The second-order valence-electron chi connectivity index (χ2n) is 24.9. The van der Waals surface area contributed by atoms with E-state index >= 15 is 0 Å². The molecule has 0 saturated carbocycles. The first-order chi connectivity index (χ1) is 39.5. The van der Waals surface area contributed by atoms with Crippen LogP contribution >= 0.6 is 0 Å².